The zero-order valence-electron chi connectivity index (χ0n) is 9.67. The molecule has 1 saturated heterocycles. The largest absolute Gasteiger partial charge is 0.381 e. The molecule has 0 radical (unpaired) electrons. The molecule has 17 heavy (non-hydrogen) atoms. The maximum absolute atomic E-state index is 9.10. The SMILES string of the molecule is N#Cc1cc(Br)ccc1NC1CCCNCC1. The second-order valence-electron chi connectivity index (χ2n) is 4.32. The van der Waals surface area contributed by atoms with Crippen molar-refractivity contribution >= 4 is 21.6 Å². The third kappa shape index (κ3) is 3.45. The molecule has 2 rings (SSSR count). The molecule has 1 unspecified atom stereocenters. The van der Waals surface area contributed by atoms with E-state index in [4.69, 9.17) is 5.26 Å². The monoisotopic (exact) mass is 293 g/mol. The Kier molecular flexibility index (Phi) is 4.41. The fourth-order valence-corrected chi connectivity index (χ4v) is 2.48. The summed E-state index contributed by atoms with van der Waals surface area (Å²) in [5, 5.41) is 16.0. The molecule has 0 saturated carbocycles. The minimum Gasteiger partial charge on any atom is -0.381 e. The zero-order valence-corrected chi connectivity index (χ0v) is 11.3. The van der Waals surface area contributed by atoms with Crippen molar-refractivity contribution in [3.8, 4) is 6.07 Å². The van der Waals surface area contributed by atoms with Crippen LogP contribution in [0, 0.1) is 11.3 Å². The van der Waals surface area contributed by atoms with Crippen molar-refractivity contribution in [3.05, 3.63) is 28.2 Å². The van der Waals surface area contributed by atoms with Crippen molar-refractivity contribution in [1.29, 1.82) is 5.26 Å². The Morgan fingerprint density at radius 1 is 1.35 bits per heavy atom. The lowest BCUT2D eigenvalue weighted by Crippen LogP contribution is -2.21. The summed E-state index contributed by atoms with van der Waals surface area (Å²) in [5.74, 6) is 0. The molecule has 1 atom stereocenters. The van der Waals surface area contributed by atoms with E-state index in [-0.39, 0.29) is 0 Å². The maximum atomic E-state index is 9.10. The number of hydrogen-bond donors (Lipinski definition) is 2. The lowest BCUT2D eigenvalue weighted by Gasteiger charge is -2.18. The summed E-state index contributed by atoms with van der Waals surface area (Å²) in [4.78, 5) is 0. The van der Waals surface area contributed by atoms with Crippen LogP contribution in [-0.4, -0.2) is 19.1 Å². The van der Waals surface area contributed by atoms with E-state index >= 15 is 0 Å². The van der Waals surface area contributed by atoms with E-state index in [1.54, 1.807) is 0 Å². The van der Waals surface area contributed by atoms with Gasteiger partial charge < -0.3 is 10.6 Å². The van der Waals surface area contributed by atoms with Gasteiger partial charge in [0.2, 0.25) is 0 Å². The van der Waals surface area contributed by atoms with Crippen LogP contribution >= 0.6 is 15.9 Å². The number of anilines is 1. The summed E-state index contributed by atoms with van der Waals surface area (Å²) in [6, 6.07) is 8.51. The summed E-state index contributed by atoms with van der Waals surface area (Å²) in [6.07, 6.45) is 3.46. The molecule has 1 aliphatic heterocycles. The molecular weight excluding hydrogens is 278 g/mol. The Balaban J connectivity index is 2.09. The molecular formula is C13H16BrN3. The molecule has 2 N–H and O–H groups in total. The molecule has 90 valence electrons. The van der Waals surface area contributed by atoms with Crippen LogP contribution in [0.15, 0.2) is 22.7 Å². The normalized spacial score (nSPS) is 20.4. The number of halogens is 1. The van der Waals surface area contributed by atoms with Crippen molar-refractivity contribution in [1.82, 2.24) is 5.32 Å². The van der Waals surface area contributed by atoms with Gasteiger partial charge in [-0.2, -0.15) is 5.26 Å². The predicted octanol–water partition coefficient (Wildman–Crippen LogP) is 2.87. The lowest BCUT2D eigenvalue weighted by atomic mass is 10.1. The van der Waals surface area contributed by atoms with Crippen LogP contribution < -0.4 is 10.6 Å². The van der Waals surface area contributed by atoms with E-state index < -0.39 is 0 Å². The quantitative estimate of drug-likeness (QED) is 0.881. The highest BCUT2D eigenvalue weighted by Gasteiger charge is 2.13. The molecule has 1 aliphatic rings. The summed E-state index contributed by atoms with van der Waals surface area (Å²) >= 11 is 3.39. The molecule has 0 aliphatic carbocycles. The number of benzene rings is 1. The standard InChI is InChI=1S/C13H16BrN3/c14-11-3-4-13(10(8-11)9-15)17-12-2-1-6-16-7-5-12/h3-4,8,12,16-17H,1-2,5-7H2. The van der Waals surface area contributed by atoms with Crippen molar-refractivity contribution in [2.24, 2.45) is 0 Å². The third-order valence-electron chi connectivity index (χ3n) is 3.04. The number of nitriles is 1. The number of hydrogen-bond acceptors (Lipinski definition) is 3. The van der Waals surface area contributed by atoms with Crippen LogP contribution in [0.2, 0.25) is 0 Å². The number of rotatable bonds is 2. The van der Waals surface area contributed by atoms with Crippen LogP contribution in [-0.2, 0) is 0 Å². The molecule has 0 aromatic heterocycles. The highest BCUT2D eigenvalue weighted by molar-refractivity contribution is 9.10. The van der Waals surface area contributed by atoms with Gasteiger partial charge in [0.15, 0.2) is 0 Å². The van der Waals surface area contributed by atoms with Crippen LogP contribution in [0.3, 0.4) is 0 Å². The molecule has 3 nitrogen and oxygen atoms in total. The van der Waals surface area contributed by atoms with Crippen molar-refractivity contribution < 1.29 is 0 Å². The van der Waals surface area contributed by atoms with E-state index in [2.05, 4.69) is 32.6 Å². The molecule has 0 spiro atoms. The summed E-state index contributed by atoms with van der Waals surface area (Å²) in [7, 11) is 0. The zero-order chi connectivity index (χ0) is 12.1. The van der Waals surface area contributed by atoms with Gasteiger partial charge >= 0.3 is 0 Å². The average Bonchev–Trinajstić information content (AvgIpc) is 2.60. The fraction of sp³-hybridized carbons (Fsp3) is 0.462. The van der Waals surface area contributed by atoms with E-state index in [0.29, 0.717) is 11.6 Å². The smallest absolute Gasteiger partial charge is 0.101 e. The van der Waals surface area contributed by atoms with Gasteiger partial charge in [0.25, 0.3) is 0 Å². The van der Waals surface area contributed by atoms with Gasteiger partial charge in [0, 0.05) is 10.5 Å². The van der Waals surface area contributed by atoms with E-state index in [1.165, 1.54) is 6.42 Å². The molecule has 1 fully saturated rings. The average molecular weight is 294 g/mol. The topological polar surface area (TPSA) is 47.9 Å². The second-order valence-corrected chi connectivity index (χ2v) is 5.24. The van der Waals surface area contributed by atoms with Crippen molar-refractivity contribution in [3.63, 3.8) is 0 Å². The van der Waals surface area contributed by atoms with Crippen LogP contribution in [0.4, 0.5) is 5.69 Å². The van der Waals surface area contributed by atoms with Gasteiger partial charge in [-0.15, -0.1) is 0 Å². The Bertz CT molecular complexity index is 417. The highest BCUT2D eigenvalue weighted by Crippen LogP contribution is 2.22. The lowest BCUT2D eigenvalue weighted by molar-refractivity contribution is 0.637. The van der Waals surface area contributed by atoms with Crippen LogP contribution in [0.5, 0.6) is 0 Å². The molecule has 4 heteroatoms. The van der Waals surface area contributed by atoms with Gasteiger partial charge in [-0.1, -0.05) is 15.9 Å². The summed E-state index contributed by atoms with van der Waals surface area (Å²) in [5.41, 5.74) is 1.65. The van der Waals surface area contributed by atoms with E-state index in [9.17, 15) is 0 Å². The van der Waals surface area contributed by atoms with Crippen molar-refractivity contribution in [2.45, 2.75) is 25.3 Å². The van der Waals surface area contributed by atoms with Crippen molar-refractivity contribution in [2.75, 3.05) is 18.4 Å². The maximum Gasteiger partial charge on any atom is 0.101 e. The van der Waals surface area contributed by atoms with Gasteiger partial charge in [-0.3, -0.25) is 0 Å². The minimum absolute atomic E-state index is 0.471. The summed E-state index contributed by atoms with van der Waals surface area (Å²) < 4.78 is 0.946. The Hall–Kier alpha value is -1.05. The highest BCUT2D eigenvalue weighted by atomic mass is 79.9. The first-order chi connectivity index (χ1) is 8.29. The van der Waals surface area contributed by atoms with Gasteiger partial charge in [-0.05, 0) is 50.6 Å². The Morgan fingerprint density at radius 3 is 3.06 bits per heavy atom. The van der Waals surface area contributed by atoms with Gasteiger partial charge in [0.05, 0.1) is 11.3 Å². The molecule has 0 bridgehead atoms. The molecule has 1 heterocycles. The Morgan fingerprint density at radius 2 is 2.24 bits per heavy atom. The first kappa shape index (κ1) is 12.4. The second kappa shape index (κ2) is 6.04. The molecule has 0 amide bonds. The number of nitrogens with one attached hydrogen (secondary N) is 2. The van der Waals surface area contributed by atoms with Crippen LogP contribution in [0.25, 0.3) is 0 Å². The minimum atomic E-state index is 0.471. The first-order valence-electron chi connectivity index (χ1n) is 5.96. The fourth-order valence-electron chi connectivity index (χ4n) is 2.12. The van der Waals surface area contributed by atoms with E-state index in [1.807, 2.05) is 18.2 Å². The predicted molar refractivity (Wildman–Crippen MR) is 73.0 cm³/mol. The third-order valence-corrected chi connectivity index (χ3v) is 3.53. The first-order valence-corrected chi connectivity index (χ1v) is 6.76. The van der Waals surface area contributed by atoms with Gasteiger partial charge in [0.1, 0.15) is 6.07 Å². The van der Waals surface area contributed by atoms with Crippen LogP contribution in [0.1, 0.15) is 24.8 Å². The Labute approximate surface area is 110 Å². The molecule has 1 aromatic carbocycles. The van der Waals surface area contributed by atoms with E-state index in [0.717, 1.165) is 36.1 Å². The number of nitrogens with zero attached hydrogens (tertiary/aromatic N) is 1. The van der Waals surface area contributed by atoms with Gasteiger partial charge in [-0.25, -0.2) is 0 Å². The summed E-state index contributed by atoms with van der Waals surface area (Å²) in [6.45, 7) is 2.15. The molecule has 1 aromatic rings.